The van der Waals surface area contributed by atoms with Crippen LogP contribution in [0.2, 0.25) is 0 Å². The number of hydrogen-bond acceptors (Lipinski definition) is 3. The van der Waals surface area contributed by atoms with Gasteiger partial charge in [0.2, 0.25) is 0 Å². The van der Waals surface area contributed by atoms with Gasteiger partial charge in [0.1, 0.15) is 6.04 Å². The first kappa shape index (κ1) is 11.5. The Labute approximate surface area is 85.1 Å². The van der Waals surface area contributed by atoms with Gasteiger partial charge in [-0.25, -0.2) is 0 Å². The highest BCUT2D eigenvalue weighted by Gasteiger charge is 2.23. The van der Waals surface area contributed by atoms with E-state index in [1.807, 2.05) is 13.8 Å². The van der Waals surface area contributed by atoms with Gasteiger partial charge >= 0.3 is 5.97 Å². The maximum Gasteiger partial charge on any atom is 0.320 e. The number of rotatable bonds is 5. The van der Waals surface area contributed by atoms with Crippen molar-refractivity contribution in [2.24, 2.45) is 5.92 Å². The van der Waals surface area contributed by atoms with Crippen molar-refractivity contribution in [2.75, 3.05) is 13.1 Å². The van der Waals surface area contributed by atoms with E-state index < -0.39 is 5.97 Å². The molecule has 0 saturated carbocycles. The Morgan fingerprint density at radius 2 is 2.36 bits per heavy atom. The lowest BCUT2D eigenvalue weighted by molar-refractivity contribution is -0.140. The minimum atomic E-state index is -0.731. The molecule has 1 aliphatic rings. The zero-order valence-electron chi connectivity index (χ0n) is 8.92. The molecule has 3 N–H and O–H groups in total. The Hall–Kier alpha value is -0.610. The van der Waals surface area contributed by atoms with Crippen LogP contribution in [-0.2, 0) is 4.79 Å². The van der Waals surface area contributed by atoms with Gasteiger partial charge in [0, 0.05) is 12.6 Å². The second-order valence-corrected chi connectivity index (χ2v) is 4.38. The molecule has 4 heteroatoms. The molecular weight excluding hydrogens is 180 g/mol. The molecule has 4 nitrogen and oxygen atoms in total. The molecular formula is C10H20N2O2. The van der Waals surface area contributed by atoms with Crippen molar-refractivity contribution < 1.29 is 9.90 Å². The van der Waals surface area contributed by atoms with E-state index in [1.54, 1.807) is 0 Å². The van der Waals surface area contributed by atoms with E-state index in [-0.39, 0.29) is 6.04 Å². The third-order valence-corrected chi connectivity index (χ3v) is 2.50. The average molecular weight is 200 g/mol. The van der Waals surface area contributed by atoms with Crippen LogP contribution in [0.5, 0.6) is 0 Å². The molecule has 1 heterocycles. The molecule has 82 valence electrons. The minimum Gasteiger partial charge on any atom is -0.480 e. The molecule has 2 unspecified atom stereocenters. The Bertz CT molecular complexity index is 189. The number of hydrogen-bond donors (Lipinski definition) is 3. The smallest absolute Gasteiger partial charge is 0.320 e. The van der Waals surface area contributed by atoms with E-state index in [1.165, 1.54) is 0 Å². The zero-order valence-corrected chi connectivity index (χ0v) is 8.92. The lowest BCUT2D eigenvalue weighted by Crippen LogP contribution is -2.44. The number of carboxylic acids is 1. The van der Waals surface area contributed by atoms with Crippen molar-refractivity contribution in [3.8, 4) is 0 Å². The molecule has 0 spiro atoms. The summed E-state index contributed by atoms with van der Waals surface area (Å²) in [5.41, 5.74) is 0. The van der Waals surface area contributed by atoms with Crippen LogP contribution in [0.25, 0.3) is 0 Å². The topological polar surface area (TPSA) is 61.4 Å². The molecule has 1 aliphatic heterocycles. The Morgan fingerprint density at radius 1 is 1.64 bits per heavy atom. The van der Waals surface area contributed by atoms with Crippen LogP contribution < -0.4 is 10.6 Å². The fourth-order valence-corrected chi connectivity index (χ4v) is 1.79. The fraction of sp³-hybridized carbons (Fsp3) is 0.900. The summed E-state index contributed by atoms with van der Waals surface area (Å²) in [6.07, 6.45) is 1.73. The third-order valence-electron chi connectivity index (χ3n) is 2.50. The SMILES string of the molecule is CC(C)CC(NC1CCNC1)C(=O)O. The van der Waals surface area contributed by atoms with Gasteiger partial charge in [-0.2, -0.15) is 0 Å². The Balaban J connectivity index is 2.37. The summed E-state index contributed by atoms with van der Waals surface area (Å²) in [5.74, 6) is -0.316. The fourth-order valence-electron chi connectivity index (χ4n) is 1.79. The molecule has 0 aliphatic carbocycles. The summed E-state index contributed by atoms with van der Waals surface area (Å²) in [5, 5.41) is 15.4. The molecule has 1 saturated heterocycles. The van der Waals surface area contributed by atoms with Crippen molar-refractivity contribution in [1.82, 2.24) is 10.6 Å². The van der Waals surface area contributed by atoms with Crippen molar-refractivity contribution in [3.05, 3.63) is 0 Å². The number of carboxylic acid groups (broad SMARTS) is 1. The number of carbonyl (C=O) groups is 1. The van der Waals surface area contributed by atoms with Gasteiger partial charge < -0.3 is 15.7 Å². The number of nitrogens with one attached hydrogen (secondary N) is 2. The highest BCUT2D eigenvalue weighted by atomic mass is 16.4. The van der Waals surface area contributed by atoms with Gasteiger partial charge in [0.15, 0.2) is 0 Å². The molecule has 0 aromatic carbocycles. The predicted octanol–water partition coefficient (Wildman–Crippen LogP) is 0.437. The molecule has 2 atom stereocenters. The molecule has 1 rings (SSSR count). The van der Waals surface area contributed by atoms with E-state index in [2.05, 4.69) is 10.6 Å². The Morgan fingerprint density at radius 3 is 2.79 bits per heavy atom. The largest absolute Gasteiger partial charge is 0.480 e. The highest BCUT2D eigenvalue weighted by Crippen LogP contribution is 2.07. The minimum absolute atomic E-state index is 0.329. The summed E-state index contributed by atoms with van der Waals surface area (Å²) in [4.78, 5) is 10.9. The van der Waals surface area contributed by atoms with Gasteiger partial charge in [-0.3, -0.25) is 4.79 Å². The summed E-state index contributed by atoms with van der Waals surface area (Å²) < 4.78 is 0. The van der Waals surface area contributed by atoms with Gasteiger partial charge in [-0.15, -0.1) is 0 Å². The molecule has 0 aromatic rings. The van der Waals surface area contributed by atoms with Crippen LogP contribution >= 0.6 is 0 Å². The van der Waals surface area contributed by atoms with E-state index in [0.29, 0.717) is 18.4 Å². The standard InChI is InChI=1S/C10H20N2O2/c1-7(2)5-9(10(13)14)12-8-3-4-11-6-8/h7-9,11-12H,3-6H2,1-2H3,(H,13,14). The Kier molecular flexibility index (Phi) is 4.35. The van der Waals surface area contributed by atoms with Crippen LogP contribution in [0.1, 0.15) is 26.7 Å². The summed E-state index contributed by atoms with van der Waals surface area (Å²) in [6, 6.07) is -0.0604. The lowest BCUT2D eigenvalue weighted by Gasteiger charge is -2.20. The zero-order chi connectivity index (χ0) is 10.6. The first-order chi connectivity index (χ1) is 6.59. The van der Waals surface area contributed by atoms with Crippen molar-refractivity contribution >= 4 is 5.97 Å². The van der Waals surface area contributed by atoms with Crippen LogP contribution in [0.15, 0.2) is 0 Å². The van der Waals surface area contributed by atoms with Gasteiger partial charge in [-0.05, 0) is 25.3 Å². The van der Waals surface area contributed by atoms with Crippen LogP contribution in [0.3, 0.4) is 0 Å². The quantitative estimate of drug-likeness (QED) is 0.602. The molecule has 0 bridgehead atoms. The second-order valence-electron chi connectivity index (χ2n) is 4.38. The van der Waals surface area contributed by atoms with E-state index in [0.717, 1.165) is 19.5 Å². The maximum atomic E-state index is 10.9. The van der Waals surface area contributed by atoms with Gasteiger partial charge in [-0.1, -0.05) is 13.8 Å². The van der Waals surface area contributed by atoms with E-state index in [4.69, 9.17) is 5.11 Å². The van der Waals surface area contributed by atoms with Crippen molar-refractivity contribution in [1.29, 1.82) is 0 Å². The summed E-state index contributed by atoms with van der Waals surface area (Å²) >= 11 is 0. The highest BCUT2D eigenvalue weighted by molar-refractivity contribution is 5.73. The van der Waals surface area contributed by atoms with Crippen LogP contribution in [0, 0.1) is 5.92 Å². The third kappa shape index (κ3) is 3.64. The van der Waals surface area contributed by atoms with Crippen molar-refractivity contribution in [3.63, 3.8) is 0 Å². The van der Waals surface area contributed by atoms with Gasteiger partial charge in [0.25, 0.3) is 0 Å². The second kappa shape index (κ2) is 5.32. The van der Waals surface area contributed by atoms with Crippen LogP contribution in [-0.4, -0.2) is 36.2 Å². The summed E-state index contributed by atoms with van der Waals surface area (Å²) in [6.45, 7) is 5.97. The van der Waals surface area contributed by atoms with Crippen LogP contribution in [0.4, 0.5) is 0 Å². The average Bonchev–Trinajstić information content (AvgIpc) is 2.54. The first-order valence-corrected chi connectivity index (χ1v) is 5.29. The molecule has 0 amide bonds. The monoisotopic (exact) mass is 200 g/mol. The molecule has 1 fully saturated rings. The predicted molar refractivity (Wildman–Crippen MR) is 55.3 cm³/mol. The normalized spacial score (nSPS) is 24.1. The molecule has 14 heavy (non-hydrogen) atoms. The molecule has 0 radical (unpaired) electrons. The first-order valence-electron chi connectivity index (χ1n) is 5.29. The maximum absolute atomic E-state index is 10.9. The number of aliphatic carboxylic acids is 1. The van der Waals surface area contributed by atoms with Crippen molar-refractivity contribution in [2.45, 2.75) is 38.8 Å². The van der Waals surface area contributed by atoms with Gasteiger partial charge in [0.05, 0.1) is 0 Å². The lowest BCUT2D eigenvalue weighted by atomic mass is 10.0. The van der Waals surface area contributed by atoms with E-state index in [9.17, 15) is 4.79 Å². The summed E-state index contributed by atoms with van der Waals surface area (Å²) in [7, 11) is 0. The molecule has 0 aromatic heterocycles. The van der Waals surface area contributed by atoms with E-state index >= 15 is 0 Å².